The molecule has 0 bridgehead atoms. The largest absolute Gasteiger partial charge is 0.480 e. The van der Waals surface area contributed by atoms with Crippen molar-refractivity contribution in [2.45, 2.75) is 112 Å². The van der Waals surface area contributed by atoms with Crippen LogP contribution in [0, 0.1) is 11.8 Å². The Kier molecular flexibility index (Phi) is 22.4. The van der Waals surface area contributed by atoms with E-state index in [4.69, 9.17) is 15.6 Å². The lowest BCUT2D eigenvalue weighted by Gasteiger charge is -2.30. The van der Waals surface area contributed by atoms with Gasteiger partial charge in [-0.05, 0) is 39.5 Å². The summed E-state index contributed by atoms with van der Waals surface area (Å²) in [7, 11) is 0. The molecule has 0 aliphatic carbocycles. The molecule has 0 spiro atoms. The van der Waals surface area contributed by atoms with Gasteiger partial charge in [0.25, 0.3) is 0 Å². The molecule has 9 heteroatoms. The van der Waals surface area contributed by atoms with Crippen LogP contribution in [-0.2, 0) is 23.9 Å². The van der Waals surface area contributed by atoms with Crippen LogP contribution in [0.3, 0.4) is 0 Å². The highest BCUT2D eigenvalue weighted by Crippen LogP contribution is 2.10. The zero-order chi connectivity index (χ0) is 28.2. The van der Waals surface area contributed by atoms with Crippen molar-refractivity contribution in [1.82, 2.24) is 10.6 Å². The number of rotatable bonds is 13. The SMILES string of the molecule is C=CCOC(=O)[C@H](CCC)NC(C(=O)NC(C)(C)C)C(C)C.CC(C)C=O.CCC[C@H](N)C(=O)O. The minimum absolute atomic E-state index is 0.0638. The molecule has 0 aromatic carbocycles. The highest BCUT2D eigenvalue weighted by atomic mass is 16.5. The summed E-state index contributed by atoms with van der Waals surface area (Å²) in [6.45, 7) is 21.0. The number of aliphatic carboxylic acids is 1. The van der Waals surface area contributed by atoms with Gasteiger partial charge in [0.2, 0.25) is 5.91 Å². The Hall–Kier alpha value is -2.26. The molecule has 0 radical (unpaired) electrons. The van der Waals surface area contributed by atoms with Gasteiger partial charge < -0.3 is 25.7 Å². The van der Waals surface area contributed by atoms with Gasteiger partial charge in [0.05, 0.1) is 6.04 Å². The fourth-order valence-corrected chi connectivity index (χ4v) is 2.47. The number of nitrogens with one attached hydrogen (secondary N) is 2. The molecule has 5 N–H and O–H groups in total. The summed E-state index contributed by atoms with van der Waals surface area (Å²) in [5.41, 5.74) is 4.82. The summed E-state index contributed by atoms with van der Waals surface area (Å²) in [5, 5.41) is 14.3. The van der Waals surface area contributed by atoms with E-state index < -0.39 is 24.1 Å². The average molecular weight is 502 g/mol. The predicted molar refractivity (Wildman–Crippen MR) is 141 cm³/mol. The van der Waals surface area contributed by atoms with Crippen LogP contribution in [-0.4, -0.2) is 59.5 Å². The fourth-order valence-electron chi connectivity index (χ4n) is 2.47. The lowest BCUT2D eigenvalue weighted by molar-refractivity contribution is -0.145. The number of amides is 1. The molecule has 35 heavy (non-hydrogen) atoms. The third-order valence-electron chi connectivity index (χ3n) is 4.22. The van der Waals surface area contributed by atoms with E-state index in [1.54, 1.807) is 0 Å². The molecule has 0 aromatic rings. The number of hydrogen-bond donors (Lipinski definition) is 4. The molecule has 0 aromatic heterocycles. The Balaban J connectivity index is -0.000000643. The van der Waals surface area contributed by atoms with Crippen LogP contribution in [0.1, 0.15) is 88.0 Å². The Morgan fingerprint density at radius 1 is 1.06 bits per heavy atom. The first-order chi connectivity index (χ1) is 16.1. The van der Waals surface area contributed by atoms with Crippen molar-refractivity contribution in [2.24, 2.45) is 17.6 Å². The van der Waals surface area contributed by atoms with E-state index >= 15 is 0 Å². The van der Waals surface area contributed by atoms with E-state index in [2.05, 4.69) is 17.2 Å². The smallest absolute Gasteiger partial charge is 0.323 e. The molecule has 9 nitrogen and oxygen atoms in total. The normalized spacial score (nSPS) is 13.3. The van der Waals surface area contributed by atoms with Gasteiger partial charge in [-0.15, -0.1) is 0 Å². The Morgan fingerprint density at radius 3 is 1.83 bits per heavy atom. The number of hydrogen-bond acceptors (Lipinski definition) is 7. The Bertz CT molecular complexity index is 615. The summed E-state index contributed by atoms with van der Waals surface area (Å²) in [4.78, 5) is 44.0. The minimum Gasteiger partial charge on any atom is -0.480 e. The summed E-state index contributed by atoms with van der Waals surface area (Å²) in [6.07, 6.45) is 5.30. The third-order valence-corrected chi connectivity index (χ3v) is 4.22. The second-order valence-corrected chi connectivity index (χ2v) is 10.0. The van der Waals surface area contributed by atoms with Crippen molar-refractivity contribution in [3.05, 3.63) is 12.7 Å². The van der Waals surface area contributed by atoms with Crippen molar-refractivity contribution in [1.29, 1.82) is 0 Å². The maximum Gasteiger partial charge on any atom is 0.323 e. The quantitative estimate of drug-likeness (QED) is 0.170. The number of nitrogens with two attached hydrogens (primary N) is 1. The standard InChI is InChI=1S/C17H32N2O3.C5H11NO2.C4H8O/c1-8-10-13(16(21)22-11-9-2)18-14(12(3)4)15(20)19-17(5,6)7;1-2-3-4(6)5(7)8;1-4(2)3-5/h9,12-14,18H,2,8,10-11H2,1,3-7H3,(H,19,20);4H,2-3,6H2,1H3,(H,7,8);3-4H,1-2H3/t13-,14?;4-;/m00./s1. The molecule has 206 valence electrons. The molecule has 0 aliphatic heterocycles. The van der Waals surface area contributed by atoms with E-state index in [-0.39, 0.29) is 35.9 Å². The first kappa shape index (κ1) is 37.3. The number of carboxylic acids is 1. The van der Waals surface area contributed by atoms with Gasteiger partial charge in [-0.2, -0.15) is 0 Å². The minimum atomic E-state index is -0.910. The molecule has 0 heterocycles. The number of ether oxygens (including phenoxy) is 1. The van der Waals surface area contributed by atoms with Crippen LogP contribution in [0.5, 0.6) is 0 Å². The first-order valence-corrected chi connectivity index (χ1v) is 12.4. The molecule has 1 amide bonds. The van der Waals surface area contributed by atoms with Crippen molar-refractivity contribution in [3.8, 4) is 0 Å². The first-order valence-electron chi connectivity index (χ1n) is 12.4. The van der Waals surface area contributed by atoms with Crippen LogP contribution in [0.2, 0.25) is 0 Å². The summed E-state index contributed by atoms with van der Waals surface area (Å²) in [5.74, 6) is -1.08. The second-order valence-electron chi connectivity index (χ2n) is 10.0. The lowest BCUT2D eigenvalue weighted by Crippen LogP contribution is -2.56. The molecule has 0 aliphatic rings. The van der Waals surface area contributed by atoms with Gasteiger partial charge in [-0.3, -0.25) is 19.7 Å². The third kappa shape index (κ3) is 23.3. The fraction of sp³-hybridized carbons (Fsp3) is 0.769. The van der Waals surface area contributed by atoms with Gasteiger partial charge in [0, 0.05) is 11.5 Å². The van der Waals surface area contributed by atoms with E-state index in [0.717, 1.165) is 19.1 Å². The predicted octanol–water partition coefficient (Wildman–Crippen LogP) is 3.45. The highest BCUT2D eigenvalue weighted by Gasteiger charge is 2.30. The van der Waals surface area contributed by atoms with E-state index in [1.807, 2.05) is 62.3 Å². The summed E-state index contributed by atoms with van der Waals surface area (Å²) < 4.78 is 5.12. The van der Waals surface area contributed by atoms with Gasteiger partial charge in [-0.1, -0.05) is 67.0 Å². The summed E-state index contributed by atoms with van der Waals surface area (Å²) in [6, 6.07) is -1.59. The summed E-state index contributed by atoms with van der Waals surface area (Å²) >= 11 is 0. The van der Waals surface area contributed by atoms with Crippen LogP contribution in [0.25, 0.3) is 0 Å². The second kappa shape index (κ2) is 21.1. The van der Waals surface area contributed by atoms with Crippen molar-refractivity contribution in [3.63, 3.8) is 0 Å². The molecule has 3 atom stereocenters. The van der Waals surface area contributed by atoms with Crippen molar-refractivity contribution < 1.29 is 29.0 Å². The average Bonchev–Trinajstić information content (AvgIpc) is 2.74. The zero-order valence-corrected chi connectivity index (χ0v) is 23.3. The molecule has 0 saturated heterocycles. The van der Waals surface area contributed by atoms with Crippen LogP contribution in [0.4, 0.5) is 0 Å². The number of carbonyl (C=O) groups is 4. The van der Waals surface area contributed by atoms with E-state index in [9.17, 15) is 19.2 Å². The van der Waals surface area contributed by atoms with E-state index in [1.165, 1.54) is 6.08 Å². The maximum absolute atomic E-state index is 12.4. The van der Waals surface area contributed by atoms with Gasteiger partial charge in [0.1, 0.15) is 25.0 Å². The number of esters is 1. The molecule has 1 unspecified atom stereocenters. The Morgan fingerprint density at radius 2 is 1.54 bits per heavy atom. The molecular formula is C26H51N3O6. The number of aldehydes is 1. The maximum atomic E-state index is 12.4. The van der Waals surface area contributed by atoms with E-state index in [0.29, 0.717) is 12.8 Å². The number of carboxylic acid groups (broad SMARTS) is 1. The monoisotopic (exact) mass is 501 g/mol. The van der Waals surface area contributed by atoms with Crippen LogP contribution < -0.4 is 16.4 Å². The van der Waals surface area contributed by atoms with Gasteiger partial charge in [-0.25, -0.2) is 0 Å². The van der Waals surface area contributed by atoms with Crippen LogP contribution >= 0.6 is 0 Å². The molecule has 0 rings (SSSR count). The highest BCUT2D eigenvalue weighted by molar-refractivity contribution is 5.84. The molecular weight excluding hydrogens is 450 g/mol. The van der Waals surface area contributed by atoms with Crippen LogP contribution in [0.15, 0.2) is 12.7 Å². The number of carbonyl (C=O) groups excluding carboxylic acids is 3. The molecule has 0 fully saturated rings. The molecule has 0 saturated carbocycles. The van der Waals surface area contributed by atoms with Gasteiger partial charge in [0.15, 0.2) is 0 Å². The van der Waals surface area contributed by atoms with Crippen molar-refractivity contribution in [2.75, 3.05) is 6.61 Å². The van der Waals surface area contributed by atoms with Gasteiger partial charge >= 0.3 is 11.9 Å². The zero-order valence-electron chi connectivity index (χ0n) is 23.3. The Labute approximate surface area is 212 Å². The van der Waals surface area contributed by atoms with Crippen molar-refractivity contribution >= 4 is 24.1 Å². The topological polar surface area (TPSA) is 148 Å². The lowest BCUT2D eigenvalue weighted by atomic mass is 9.99.